The molecule has 0 spiro atoms. The lowest BCUT2D eigenvalue weighted by atomic mass is 10.2. The molecule has 0 aromatic carbocycles. The fourth-order valence-corrected chi connectivity index (χ4v) is 4.39. The Kier molecular flexibility index (Phi) is 5.24. The van der Waals surface area contributed by atoms with Crippen LogP contribution in [0, 0.1) is 6.92 Å². The van der Waals surface area contributed by atoms with Gasteiger partial charge in [0.25, 0.3) is 0 Å². The van der Waals surface area contributed by atoms with Crippen LogP contribution >= 0.6 is 11.6 Å². The van der Waals surface area contributed by atoms with E-state index in [9.17, 15) is 13.2 Å². The number of hydrazone groups is 1. The Bertz CT molecular complexity index is 764. The van der Waals surface area contributed by atoms with Crippen molar-refractivity contribution in [2.45, 2.75) is 45.8 Å². The molecule has 0 saturated carbocycles. The zero-order chi connectivity index (χ0) is 18.1. The van der Waals surface area contributed by atoms with E-state index in [1.807, 2.05) is 0 Å². The van der Waals surface area contributed by atoms with Crippen molar-refractivity contribution in [1.82, 2.24) is 15.2 Å². The van der Waals surface area contributed by atoms with Crippen LogP contribution in [0.3, 0.4) is 0 Å². The number of aryl methyl sites for hydroxylation is 1. The number of ether oxygens (including phenoxy) is 1. The number of carbonyl (C=O) groups is 1. The highest BCUT2D eigenvalue weighted by atomic mass is 35.5. The predicted molar refractivity (Wildman–Crippen MR) is 91.2 cm³/mol. The first-order valence-electron chi connectivity index (χ1n) is 7.45. The molecule has 8 nitrogen and oxygen atoms in total. The van der Waals surface area contributed by atoms with Crippen molar-refractivity contribution in [3.63, 3.8) is 0 Å². The molecule has 1 aliphatic heterocycles. The molecular formula is C14H21ClN4O4S. The van der Waals surface area contributed by atoms with Crippen LogP contribution in [0.1, 0.15) is 44.5 Å². The molecular weight excluding hydrogens is 356 g/mol. The Balaban J connectivity index is 2.09. The summed E-state index contributed by atoms with van der Waals surface area (Å²) in [7, 11) is -3.04. The van der Waals surface area contributed by atoms with Gasteiger partial charge < -0.3 is 4.74 Å². The molecule has 1 aliphatic rings. The molecule has 1 fully saturated rings. The second-order valence-corrected chi connectivity index (χ2v) is 9.25. The summed E-state index contributed by atoms with van der Waals surface area (Å²) in [6.07, 6.45) is 1.17. The molecule has 0 bridgehead atoms. The standard InChI is InChI=1S/C14H21ClN4O4S/c1-9-11(7-16-17-13(20)23-14(2,3)4)12(15)19(18-9)10-5-6-24(21,22)8-10/h7,10H,5-6,8H2,1-4H3,(H,17,20)/b16-7-/t10-/m0/s1. The van der Waals surface area contributed by atoms with Crippen molar-refractivity contribution in [2.75, 3.05) is 11.5 Å². The molecule has 2 heterocycles. The summed E-state index contributed by atoms with van der Waals surface area (Å²) in [5.41, 5.74) is 2.75. The molecule has 1 atom stereocenters. The monoisotopic (exact) mass is 376 g/mol. The van der Waals surface area contributed by atoms with Crippen molar-refractivity contribution in [3.05, 3.63) is 16.4 Å². The van der Waals surface area contributed by atoms with Gasteiger partial charge in [0.1, 0.15) is 10.8 Å². The zero-order valence-corrected chi connectivity index (χ0v) is 15.6. The van der Waals surface area contributed by atoms with Crippen LogP contribution in [0.2, 0.25) is 5.15 Å². The molecule has 24 heavy (non-hydrogen) atoms. The number of sulfone groups is 1. The lowest BCUT2D eigenvalue weighted by Crippen LogP contribution is -2.29. The van der Waals surface area contributed by atoms with Crippen molar-refractivity contribution >= 4 is 33.7 Å². The second-order valence-electron chi connectivity index (χ2n) is 6.66. The maximum Gasteiger partial charge on any atom is 0.428 e. The van der Waals surface area contributed by atoms with E-state index in [0.717, 1.165) is 0 Å². The number of aromatic nitrogens is 2. The van der Waals surface area contributed by atoms with E-state index < -0.39 is 21.5 Å². The number of hydrogen-bond donors (Lipinski definition) is 1. The lowest BCUT2D eigenvalue weighted by Gasteiger charge is -2.18. The quantitative estimate of drug-likeness (QED) is 0.642. The van der Waals surface area contributed by atoms with Gasteiger partial charge in [-0.3, -0.25) is 0 Å². The molecule has 1 N–H and O–H groups in total. The average molecular weight is 377 g/mol. The van der Waals surface area contributed by atoms with Crippen LogP contribution in [0.25, 0.3) is 0 Å². The molecule has 1 saturated heterocycles. The number of carbonyl (C=O) groups excluding carboxylic acids is 1. The SMILES string of the molecule is Cc1nn([C@H]2CCS(=O)(=O)C2)c(Cl)c1/C=N\NC(=O)OC(C)(C)C. The highest BCUT2D eigenvalue weighted by molar-refractivity contribution is 7.91. The number of rotatable bonds is 3. The van der Waals surface area contributed by atoms with Crippen molar-refractivity contribution < 1.29 is 17.9 Å². The molecule has 1 aromatic rings. The summed E-state index contributed by atoms with van der Waals surface area (Å²) in [6, 6.07) is -0.276. The molecule has 0 aliphatic carbocycles. The molecule has 134 valence electrons. The second kappa shape index (κ2) is 6.72. The van der Waals surface area contributed by atoms with Gasteiger partial charge in [0, 0.05) is 0 Å². The van der Waals surface area contributed by atoms with E-state index in [1.165, 1.54) is 10.9 Å². The van der Waals surface area contributed by atoms with Gasteiger partial charge in [0.05, 0.1) is 35.0 Å². The largest absolute Gasteiger partial charge is 0.443 e. The third-order valence-electron chi connectivity index (χ3n) is 3.37. The molecule has 0 unspecified atom stereocenters. The maximum atomic E-state index is 11.6. The summed E-state index contributed by atoms with van der Waals surface area (Å²) in [6.45, 7) is 6.98. The molecule has 1 aromatic heterocycles. The van der Waals surface area contributed by atoms with Crippen LogP contribution in [0.4, 0.5) is 4.79 Å². The number of hydrogen-bond acceptors (Lipinski definition) is 6. The van der Waals surface area contributed by atoms with Crippen LogP contribution in [0.5, 0.6) is 0 Å². The minimum Gasteiger partial charge on any atom is -0.443 e. The van der Waals surface area contributed by atoms with Crippen molar-refractivity contribution in [3.8, 4) is 0 Å². The number of nitrogens with one attached hydrogen (secondary N) is 1. The normalized spacial score (nSPS) is 20.5. The summed E-state index contributed by atoms with van der Waals surface area (Å²) in [5.74, 6) is 0.164. The van der Waals surface area contributed by atoms with E-state index in [4.69, 9.17) is 16.3 Å². The van der Waals surface area contributed by atoms with E-state index in [-0.39, 0.29) is 17.5 Å². The topological polar surface area (TPSA) is 103 Å². The first kappa shape index (κ1) is 18.7. The Morgan fingerprint density at radius 2 is 2.17 bits per heavy atom. The van der Waals surface area contributed by atoms with Gasteiger partial charge in [-0.25, -0.2) is 23.3 Å². The fourth-order valence-electron chi connectivity index (χ4n) is 2.34. The lowest BCUT2D eigenvalue weighted by molar-refractivity contribution is 0.0529. The molecule has 0 radical (unpaired) electrons. The van der Waals surface area contributed by atoms with Gasteiger partial charge >= 0.3 is 6.09 Å². The summed E-state index contributed by atoms with van der Waals surface area (Å²) in [5, 5.41) is 8.41. The summed E-state index contributed by atoms with van der Waals surface area (Å²) < 4.78 is 29.8. The summed E-state index contributed by atoms with van der Waals surface area (Å²) in [4.78, 5) is 11.5. The first-order valence-corrected chi connectivity index (χ1v) is 9.65. The maximum absolute atomic E-state index is 11.6. The molecule has 1 amide bonds. The van der Waals surface area contributed by atoms with Gasteiger partial charge in [0.15, 0.2) is 9.84 Å². The van der Waals surface area contributed by atoms with Crippen LogP contribution in [-0.2, 0) is 14.6 Å². The third kappa shape index (κ3) is 4.70. The number of halogens is 1. The van der Waals surface area contributed by atoms with Gasteiger partial charge in [0.2, 0.25) is 0 Å². The Hall–Kier alpha value is -1.61. The minimum absolute atomic E-state index is 0.0284. The smallest absolute Gasteiger partial charge is 0.428 e. The predicted octanol–water partition coefficient (Wildman–Crippen LogP) is 2.06. The van der Waals surface area contributed by atoms with Gasteiger partial charge in [-0.2, -0.15) is 10.2 Å². The average Bonchev–Trinajstić information content (AvgIpc) is 2.90. The van der Waals surface area contributed by atoms with E-state index in [0.29, 0.717) is 22.8 Å². The van der Waals surface area contributed by atoms with E-state index >= 15 is 0 Å². The first-order chi connectivity index (χ1) is 11.0. The van der Waals surface area contributed by atoms with Crippen molar-refractivity contribution in [2.24, 2.45) is 5.10 Å². The highest BCUT2D eigenvalue weighted by Crippen LogP contribution is 2.29. The van der Waals surface area contributed by atoms with E-state index in [1.54, 1.807) is 27.7 Å². The fraction of sp³-hybridized carbons (Fsp3) is 0.643. The van der Waals surface area contributed by atoms with Gasteiger partial charge in [-0.05, 0) is 34.1 Å². The number of amides is 1. The van der Waals surface area contributed by atoms with Crippen LogP contribution in [0.15, 0.2) is 5.10 Å². The zero-order valence-electron chi connectivity index (χ0n) is 14.0. The Labute approximate surface area is 146 Å². The highest BCUT2D eigenvalue weighted by Gasteiger charge is 2.31. The minimum atomic E-state index is -3.04. The molecule has 2 rings (SSSR count). The Morgan fingerprint density at radius 3 is 2.71 bits per heavy atom. The third-order valence-corrected chi connectivity index (χ3v) is 5.50. The van der Waals surface area contributed by atoms with E-state index in [2.05, 4.69) is 15.6 Å². The van der Waals surface area contributed by atoms with Gasteiger partial charge in [-0.1, -0.05) is 11.6 Å². The van der Waals surface area contributed by atoms with Crippen LogP contribution in [-0.4, -0.2) is 47.6 Å². The van der Waals surface area contributed by atoms with Gasteiger partial charge in [-0.15, -0.1) is 0 Å². The Morgan fingerprint density at radius 1 is 1.50 bits per heavy atom. The summed E-state index contributed by atoms with van der Waals surface area (Å²) >= 11 is 6.30. The van der Waals surface area contributed by atoms with Crippen molar-refractivity contribution in [1.29, 1.82) is 0 Å². The number of nitrogens with zero attached hydrogens (tertiary/aromatic N) is 3. The van der Waals surface area contributed by atoms with Crippen LogP contribution < -0.4 is 5.43 Å². The molecule has 10 heteroatoms.